The van der Waals surface area contributed by atoms with E-state index in [9.17, 15) is 14.9 Å². The minimum Gasteiger partial charge on any atom is -0.314 e. The van der Waals surface area contributed by atoms with Crippen molar-refractivity contribution in [1.82, 2.24) is 5.32 Å². The fourth-order valence-corrected chi connectivity index (χ4v) is 2.04. The number of nitro groups is 1. The van der Waals surface area contributed by atoms with Crippen LogP contribution in [0.4, 0.5) is 5.69 Å². The summed E-state index contributed by atoms with van der Waals surface area (Å²) in [6.07, 6.45) is 2.61. The molecule has 0 spiro atoms. The molecule has 1 atom stereocenters. The Morgan fingerprint density at radius 3 is 2.65 bits per heavy atom. The van der Waals surface area contributed by atoms with Crippen LogP contribution in [0.1, 0.15) is 29.6 Å². The maximum Gasteiger partial charge on any atom is 0.269 e. The molecule has 90 valence electrons. The second-order valence-electron chi connectivity index (χ2n) is 4.22. The fourth-order valence-electron chi connectivity index (χ4n) is 2.04. The lowest BCUT2D eigenvalue weighted by molar-refractivity contribution is -0.384. The molecule has 1 unspecified atom stereocenters. The second-order valence-corrected chi connectivity index (χ2v) is 4.22. The van der Waals surface area contributed by atoms with Crippen LogP contribution in [0.25, 0.3) is 0 Å². The first-order valence-electron chi connectivity index (χ1n) is 5.68. The fraction of sp³-hybridized carbons (Fsp3) is 0.417. The van der Waals surface area contributed by atoms with Crippen molar-refractivity contribution >= 4 is 11.5 Å². The van der Waals surface area contributed by atoms with E-state index in [1.807, 2.05) is 0 Å². The number of hydrogen-bond acceptors (Lipinski definition) is 4. The van der Waals surface area contributed by atoms with E-state index in [0.717, 1.165) is 19.4 Å². The van der Waals surface area contributed by atoms with Gasteiger partial charge in [-0.1, -0.05) is 0 Å². The van der Waals surface area contributed by atoms with Gasteiger partial charge in [-0.3, -0.25) is 14.9 Å². The Bertz CT molecular complexity index is 422. The Morgan fingerprint density at radius 1 is 1.41 bits per heavy atom. The van der Waals surface area contributed by atoms with Crippen LogP contribution in [-0.2, 0) is 0 Å². The van der Waals surface area contributed by atoms with Gasteiger partial charge in [-0.25, -0.2) is 0 Å². The number of ketones is 1. The summed E-state index contributed by atoms with van der Waals surface area (Å²) in [7, 11) is 0. The van der Waals surface area contributed by atoms with E-state index in [1.54, 1.807) is 0 Å². The Morgan fingerprint density at radius 2 is 2.12 bits per heavy atom. The first-order valence-corrected chi connectivity index (χ1v) is 5.68. The average Bonchev–Trinajstić information content (AvgIpc) is 2.82. The van der Waals surface area contributed by atoms with E-state index in [-0.39, 0.29) is 17.5 Å². The minimum absolute atomic E-state index is 0.0144. The van der Waals surface area contributed by atoms with Gasteiger partial charge >= 0.3 is 0 Å². The SMILES string of the molecule is O=C(CC1CCCN1)c1ccc([N+](=O)[O-])cc1. The number of carbonyl (C=O) groups is 1. The maximum atomic E-state index is 11.9. The number of carbonyl (C=O) groups excluding carboxylic acids is 1. The van der Waals surface area contributed by atoms with Crippen LogP contribution < -0.4 is 5.32 Å². The summed E-state index contributed by atoms with van der Waals surface area (Å²) in [6, 6.07) is 6.05. The van der Waals surface area contributed by atoms with Crippen LogP contribution in [0.5, 0.6) is 0 Å². The van der Waals surface area contributed by atoms with Crippen molar-refractivity contribution in [3.63, 3.8) is 0 Å². The van der Waals surface area contributed by atoms with Crippen LogP contribution in [0.2, 0.25) is 0 Å². The molecule has 1 aliphatic heterocycles. The Hall–Kier alpha value is -1.75. The molecule has 17 heavy (non-hydrogen) atoms. The summed E-state index contributed by atoms with van der Waals surface area (Å²) in [6.45, 7) is 0.970. The summed E-state index contributed by atoms with van der Waals surface area (Å²) in [5.41, 5.74) is 0.560. The molecule has 0 radical (unpaired) electrons. The monoisotopic (exact) mass is 234 g/mol. The first-order chi connectivity index (χ1) is 8.16. The molecular weight excluding hydrogens is 220 g/mol. The molecule has 0 aliphatic carbocycles. The van der Waals surface area contributed by atoms with Crippen molar-refractivity contribution in [2.24, 2.45) is 0 Å². The van der Waals surface area contributed by atoms with Gasteiger partial charge in [0.1, 0.15) is 0 Å². The molecule has 0 saturated carbocycles. The number of nitro benzene ring substituents is 1. The number of rotatable bonds is 4. The minimum atomic E-state index is -0.465. The van der Waals surface area contributed by atoms with E-state index in [4.69, 9.17) is 0 Å². The average molecular weight is 234 g/mol. The molecule has 0 amide bonds. The standard InChI is InChI=1S/C12H14N2O3/c15-12(8-10-2-1-7-13-10)9-3-5-11(6-4-9)14(16)17/h3-6,10,13H,1-2,7-8H2. The lowest BCUT2D eigenvalue weighted by Gasteiger charge is -2.08. The second kappa shape index (κ2) is 5.05. The Balaban J connectivity index is 2.01. The van der Waals surface area contributed by atoms with Crippen LogP contribution in [0.3, 0.4) is 0 Å². The lowest BCUT2D eigenvalue weighted by atomic mass is 10.0. The van der Waals surface area contributed by atoms with E-state index < -0.39 is 4.92 Å². The highest BCUT2D eigenvalue weighted by atomic mass is 16.6. The summed E-state index contributed by atoms with van der Waals surface area (Å²) in [5.74, 6) is 0.0410. The quantitative estimate of drug-likeness (QED) is 0.490. The summed E-state index contributed by atoms with van der Waals surface area (Å²) >= 11 is 0. The van der Waals surface area contributed by atoms with Crippen molar-refractivity contribution < 1.29 is 9.72 Å². The molecule has 1 saturated heterocycles. The molecule has 0 aromatic heterocycles. The summed E-state index contributed by atoms with van der Waals surface area (Å²) < 4.78 is 0. The van der Waals surface area contributed by atoms with Gasteiger partial charge in [0.2, 0.25) is 0 Å². The zero-order chi connectivity index (χ0) is 12.3. The number of hydrogen-bond donors (Lipinski definition) is 1. The number of non-ortho nitro benzene ring substituents is 1. The molecule has 1 aliphatic rings. The van der Waals surface area contributed by atoms with E-state index in [2.05, 4.69) is 5.32 Å². The highest BCUT2D eigenvalue weighted by molar-refractivity contribution is 5.96. The topological polar surface area (TPSA) is 72.2 Å². The highest BCUT2D eigenvalue weighted by Crippen LogP contribution is 2.16. The molecule has 5 nitrogen and oxygen atoms in total. The van der Waals surface area contributed by atoms with Crippen molar-refractivity contribution in [3.8, 4) is 0 Å². The summed E-state index contributed by atoms with van der Waals surface area (Å²) in [5, 5.41) is 13.7. The van der Waals surface area contributed by atoms with Gasteiger partial charge < -0.3 is 5.32 Å². The van der Waals surface area contributed by atoms with Crippen molar-refractivity contribution in [3.05, 3.63) is 39.9 Å². The zero-order valence-corrected chi connectivity index (χ0v) is 9.39. The number of Topliss-reactive ketones (excluding diaryl/α,β-unsaturated/α-hetero) is 1. The van der Waals surface area contributed by atoms with Crippen LogP contribution in [-0.4, -0.2) is 23.3 Å². The van der Waals surface area contributed by atoms with E-state index in [0.29, 0.717) is 12.0 Å². The molecule has 0 bridgehead atoms. The van der Waals surface area contributed by atoms with Gasteiger partial charge in [0.05, 0.1) is 4.92 Å². The third-order valence-corrected chi connectivity index (χ3v) is 2.99. The van der Waals surface area contributed by atoms with Crippen molar-refractivity contribution in [2.45, 2.75) is 25.3 Å². The Labute approximate surface area is 99.0 Å². The van der Waals surface area contributed by atoms with Gasteiger partial charge in [-0.15, -0.1) is 0 Å². The third-order valence-electron chi connectivity index (χ3n) is 2.99. The lowest BCUT2D eigenvalue weighted by Crippen LogP contribution is -2.24. The van der Waals surface area contributed by atoms with Crippen molar-refractivity contribution in [2.75, 3.05) is 6.54 Å². The molecule has 1 N–H and O–H groups in total. The zero-order valence-electron chi connectivity index (χ0n) is 9.39. The number of nitrogens with zero attached hydrogens (tertiary/aromatic N) is 1. The van der Waals surface area contributed by atoms with Gasteiger partial charge in [0.25, 0.3) is 5.69 Å². The first kappa shape index (κ1) is 11.7. The van der Waals surface area contributed by atoms with E-state index in [1.165, 1.54) is 24.3 Å². The smallest absolute Gasteiger partial charge is 0.269 e. The van der Waals surface area contributed by atoms with Gasteiger partial charge in [0, 0.05) is 30.2 Å². The van der Waals surface area contributed by atoms with Gasteiger partial charge in [0.15, 0.2) is 5.78 Å². The maximum absolute atomic E-state index is 11.9. The Kier molecular flexibility index (Phi) is 3.49. The predicted molar refractivity (Wildman–Crippen MR) is 63.1 cm³/mol. The van der Waals surface area contributed by atoms with Crippen LogP contribution >= 0.6 is 0 Å². The van der Waals surface area contributed by atoms with Gasteiger partial charge in [-0.2, -0.15) is 0 Å². The largest absolute Gasteiger partial charge is 0.314 e. The molecule has 2 rings (SSSR count). The summed E-state index contributed by atoms with van der Waals surface area (Å²) in [4.78, 5) is 21.9. The van der Waals surface area contributed by atoms with Gasteiger partial charge in [-0.05, 0) is 31.5 Å². The highest BCUT2D eigenvalue weighted by Gasteiger charge is 2.18. The van der Waals surface area contributed by atoms with Crippen LogP contribution in [0, 0.1) is 10.1 Å². The molecule has 1 fully saturated rings. The molecular formula is C12H14N2O3. The third kappa shape index (κ3) is 2.88. The molecule has 1 heterocycles. The molecule has 1 aromatic rings. The molecule has 5 heteroatoms. The van der Waals surface area contributed by atoms with Crippen molar-refractivity contribution in [1.29, 1.82) is 0 Å². The van der Waals surface area contributed by atoms with Crippen LogP contribution in [0.15, 0.2) is 24.3 Å². The van der Waals surface area contributed by atoms with E-state index >= 15 is 0 Å². The molecule has 1 aromatic carbocycles. The number of nitrogens with one attached hydrogen (secondary N) is 1. The normalized spacial score (nSPS) is 19.2. The number of benzene rings is 1. The predicted octanol–water partition coefficient (Wildman–Crippen LogP) is 1.92.